The number of carbonyl (C=O) groups excluding carboxylic acids is 1. The zero-order valence-corrected chi connectivity index (χ0v) is 15.5. The average molecular weight is 347 g/mol. The first-order valence-electron chi connectivity index (χ1n) is 9.75. The molecule has 4 rings (SSSR count). The van der Waals surface area contributed by atoms with Crippen LogP contribution in [0.15, 0.2) is 16.8 Å². The van der Waals surface area contributed by atoms with E-state index in [4.69, 9.17) is 5.73 Å². The molecule has 2 saturated carbocycles. The fraction of sp³-hybridized carbons (Fsp3) is 0.750. The van der Waals surface area contributed by atoms with Gasteiger partial charge in [0.25, 0.3) is 0 Å². The van der Waals surface area contributed by atoms with Crippen LogP contribution in [0.5, 0.6) is 0 Å². The molecule has 1 aromatic rings. The second kappa shape index (κ2) is 6.80. The molecule has 2 aliphatic carbocycles. The van der Waals surface area contributed by atoms with Crippen LogP contribution in [0.25, 0.3) is 0 Å². The quantitative estimate of drug-likeness (QED) is 0.885. The van der Waals surface area contributed by atoms with Crippen LogP contribution in [-0.4, -0.2) is 22.9 Å². The Morgan fingerprint density at radius 3 is 2.67 bits per heavy atom. The van der Waals surface area contributed by atoms with Crippen molar-refractivity contribution in [2.75, 3.05) is 0 Å². The SMILES string of the molecule is CC1C2CC(C(N)=O)CCC2N(C2CCCCC2)C1c1ccsc1. The number of likely N-dealkylation sites (tertiary alicyclic amines) is 1. The molecule has 0 radical (unpaired) electrons. The lowest BCUT2D eigenvalue weighted by Gasteiger charge is -2.42. The number of nitrogens with zero attached hydrogens (tertiary/aromatic N) is 1. The maximum atomic E-state index is 11.8. The van der Waals surface area contributed by atoms with Gasteiger partial charge in [0.2, 0.25) is 5.91 Å². The minimum absolute atomic E-state index is 0.0798. The molecule has 0 bridgehead atoms. The Balaban J connectivity index is 1.65. The van der Waals surface area contributed by atoms with E-state index in [-0.39, 0.29) is 11.8 Å². The van der Waals surface area contributed by atoms with E-state index in [1.54, 1.807) is 0 Å². The number of rotatable bonds is 3. The second-order valence-corrected chi connectivity index (χ2v) is 9.02. The highest BCUT2D eigenvalue weighted by atomic mass is 32.1. The van der Waals surface area contributed by atoms with Crippen LogP contribution in [0.3, 0.4) is 0 Å². The molecule has 0 spiro atoms. The van der Waals surface area contributed by atoms with Gasteiger partial charge in [-0.3, -0.25) is 9.69 Å². The third-order valence-corrected chi connectivity index (χ3v) is 7.72. The minimum atomic E-state index is -0.0798. The summed E-state index contributed by atoms with van der Waals surface area (Å²) in [5.74, 6) is 1.27. The Kier molecular flexibility index (Phi) is 4.70. The van der Waals surface area contributed by atoms with Gasteiger partial charge in [-0.2, -0.15) is 11.3 Å². The summed E-state index contributed by atoms with van der Waals surface area (Å²) < 4.78 is 0. The summed E-state index contributed by atoms with van der Waals surface area (Å²) in [4.78, 5) is 14.6. The summed E-state index contributed by atoms with van der Waals surface area (Å²) in [6, 6.07) is 4.26. The lowest BCUT2D eigenvalue weighted by Crippen LogP contribution is -2.45. The molecule has 3 aliphatic rings. The van der Waals surface area contributed by atoms with E-state index >= 15 is 0 Å². The van der Waals surface area contributed by atoms with E-state index in [1.165, 1.54) is 37.7 Å². The molecular formula is C20H30N2OS. The highest BCUT2D eigenvalue weighted by molar-refractivity contribution is 7.07. The molecule has 1 aliphatic heterocycles. The summed E-state index contributed by atoms with van der Waals surface area (Å²) in [7, 11) is 0. The molecule has 4 heteroatoms. The number of carbonyl (C=O) groups is 1. The number of hydrogen-bond acceptors (Lipinski definition) is 3. The zero-order chi connectivity index (χ0) is 16.7. The Hall–Kier alpha value is -0.870. The second-order valence-electron chi connectivity index (χ2n) is 8.24. The van der Waals surface area contributed by atoms with Gasteiger partial charge in [-0.1, -0.05) is 26.2 Å². The lowest BCUT2D eigenvalue weighted by atomic mass is 9.73. The van der Waals surface area contributed by atoms with Gasteiger partial charge in [-0.05, 0) is 66.3 Å². The molecule has 3 nitrogen and oxygen atoms in total. The summed E-state index contributed by atoms with van der Waals surface area (Å²) in [5, 5.41) is 4.56. The molecule has 0 aromatic carbocycles. The monoisotopic (exact) mass is 346 g/mol. The molecule has 2 N–H and O–H groups in total. The summed E-state index contributed by atoms with van der Waals surface area (Å²) in [5.41, 5.74) is 7.15. The van der Waals surface area contributed by atoms with E-state index in [0.717, 1.165) is 25.3 Å². The first-order chi connectivity index (χ1) is 11.7. The number of hydrogen-bond donors (Lipinski definition) is 1. The lowest BCUT2D eigenvalue weighted by molar-refractivity contribution is -0.123. The van der Waals surface area contributed by atoms with Crippen molar-refractivity contribution in [1.82, 2.24) is 4.90 Å². The molecule has 132 valence electrons. The van der Waals surface area contributed by atoms with Crippen molar-refractivity contribution in [3.05, 3.63) is 22.4 Å². The number of fused-ring (bicyclic) bond motifs is 1. The molecular weight excluding hydrogens is 316 g/mol. The predicted octanol–water partition coefficient (Wildman–Crippen LogP) is 4.34. The van der Waals surface area contributed by atoms with Crippen molar-refractivity contribution in [2.24, 2.45) is 23.5 Å². The number of amides is 1. The van der Waals surface area contributed by atoms with Gasteiger partial charge in [0.15, 0.2) is 0 Å². The largest absolute Gasteiger partial charge is 0.369 e. The van der Waals surface area contributed by atoms with Gasteiger partial charge in [0.05, 0.1) is 0 Å². The van der Waals surface area contributed by atoms with Crippen LogP contribution in [0, 0.1) is 17.8 Å². The molecule has 1 aromatic heterocycles. The third kappa shape index (κ3) is 2.82. The van der Waals surface area contributed by atoms with E-state index < -0.39 is 0 Å². The van der Waals surface area contributed by atoms with E-state index in [0.29, 0.717) is 23.9 Å². The van der Waals surface area contributed by atoms with Crippen molar-refractivity contribution in [2.45, 2.75) is 76.4 Å². The molecule has 1 saturated heterocycles. The highest BCUT2D eigenvalue weighted by Gasteiger charge is 2.52. The normalized spacial score (nSPS) is 38.1. The third-order valence-electron chi connectivity index (χ3n) is 7.02. The topological polar surface area (TPSA) is 46.3 Å². The fourth-order valence-corrected chi connectivity index (χ4v) is 6.58. The average Bonchev–Trinajstić information content (AvgIpc) is 3.22. The molecule has 1 amide bonds. The van der Waals surface area contributed by atoms with Crippen LogP contribution in [0.1, 0.15) is 69.9 Å². The Bertz CT molecular complexity index is 566. The van der Waals surface area contributed by atoms with Crippen LogP contribution < -0.4 is 5.73 Å². The molecule has 2 heterocycles. The van der Waals surface area contributed by atoms with Gasteiger partial charge in [-0.15, -0.1) is 0 Å². The van der Waals surface area contributed by atoms with Crippen molar-refractivity contribution in [3.63, 3.8) is 0 Å². The maximum absolute atomic E-state index is 11.8. The molecule has 5 unspecified atom stereocenters. The molecule has 5 atom stereocenters. The van der Waals surface area contributed by atoms with Gasteiger partial charge >= 0.3 is 0 Å². The summed E-state index contributed by atoms with van der Waals surface area (Å²) in [6.07, 6.45) is 10.0. The highest BCUT2D eigenvalue weighted by Crippen LogP contribution is 2.53. The van der Waals surface area contributed by atoms with E-state index in [9.17, 15) is 4.79 Å². The number of primary amides is 1. The van der Waals surface area contributed by atoms with Crippen LogP contribution in [-0.2, 0) is 4.79 Å². The van der Waals surface area contributed by atoms with Crippen LogP contribution >= 0.6 is 11.3 Å². The van der Waals surface area contributed by atoms with Gasteiger partial charge in [0.1, 0.15) is 0 Å². The Morgan fingerprint density at radius 2 is 2.00 bits per heavy atom. The standard InChI is InChI=1S/C20H30N2OS/c1-13-17-11-14(20(21)23)7-8-18(17)22(16-5-3-2-4-6-16)19(13)15-9-10-24-12-15/h9-10,12-14,16-19H,2-8,11H2,1H3,(H2,21,23). The van der Waals surface area contributed by atoms with Crippen LogP contribution in [0.4, 0.5) is 0 Å². The fourth-order valence-electron chi connectivity index (χ4n) is 5.89. The molecule has 24 heavy (non-hydrogen) atoms. The van der Waals surface area contributed by atoms with Crippen molar-refractivity contribution < 1.29 is 4.79 Å². The van der Waals surface area contributed by atoms with Gasteiger partial charge in [0, 0.05) is 24.0 Å². The van der Waals surface area contributed by atoms with Crippen molar-refractivity contribution >= 4 is 17.2 Å². The number of thiophene rings is 1. The zero-order valence-electron chi connectivity index (χ0n) is 14.7. The first kappa shape index (κ1) is 16.6. The Morgan fingerprint density at radius 1 is 1.21 bits per heavy atom. The van der Waals surface area contributed by atoms with E-state index in [2.05, 4.69) is 28.7 Å². The van der Waals surface area contributed by atoms with Crippen molar-refractivity contribution in [1.29, 1.82) is 0 Å². The Labute approximate surface area is 149 Å². The summed E-state index contributed by atoms with van der Waals surface area (Å²) >= 11 is 1.82. The maximum Gasteiger partial charge on any atom is 0.220 e. The smallest absolute Gasteiger partial charge is 0.220 e. The van der Waals surface area contributed by atoms with Crippen LogP contribution in [0.2, 0.25) is 0 Å². The summed E-state index contributed by atoms with van der Waals surface area (Å²) in [6.45, 7) is 2.42. The first-order valence-corrected chi connectivity index (χ1v) is 10.7. The molecule has 3 fully saturated rings. The predicted molar refractivity (Wildman–Crippen MR) is 98.7 cm³/mol. The number of nitrogens with two attached hydrogens (primary N) is 1. The van der Waals surface area contributed by atoms with Crippen molar-refractivity contribution in [3.8, 4) is 0 Å². The van der Waals surface area contributed by atoms with E-state index in [1.807, 2.05) is 11.3 Å². The van der Waals surface area contributed by atoms with Gasteiger partial charge in [-0.25, -0.2) is 0 Å². The van der Waals surface area contributed by atoms with Gasteiger partial charge < -0.3 is 5.73 Å². The minimum Gasteiger partial charge on any atom is -0.369 e.